The van der Waals surface area contributed by atoms with Gasteiger partial charge in [0.2, 0.25) is 0 Å². The summed E-state index contributed by atoms with van der Waals surface area (Å²) in [5.74, 6) is 0.932. The molecule has 0 atom stereocenters. The first kappa shape index (κ1) is 17.2. The molecule has 0 radical (unpaired) electrons. The Balaban J connectivity index is 1.33. The molecule has 1 aliphatic heterocycles. The minimum Gasteiger partial charge on any atom is -0.307 e. The third-order valence-corrected chi connectivity index (χ3v) is 6.91. The number of aryl methyl sites for hydroxylation is 2. The normalized spacial score (nSPS) is 20.7. The van der Waals surface area contributed by atoms with Gasteiger partial charge in [-0.3, -0.25) is 9.62 Å². The maximum atomic E-state index is 12.4. The van der Waals surface area contributed by atoms with E-state index in [-0.39, 0.29) is 6.03 Å². The second-order valence-corrected chi connectivity index (χ2v) is 9.09. The lowest BCUT2D eigenvalue weighted by atomic mass is 9.89. The monoisotopic (exact) mass is 359 g/mol. The Morgan fingerprint density at radius 3 is 2.40 bits per heavy atom. The van der Waals surface area contributed by atoms with Crippen molar-refractivity contribution in [3.63, 3.8) is 0 Å². The molecule has 25 heavy (non-hydrogen) atoms. The standard InChI is InChI=1S/C20H29N3OS/c1-20(2)9-10-23(20)11-12-25-22-19(24)21-18-16-7-3-5-14(16)13-15-6-4-8-17(15)18/h13H,3-12H2,1-2H3,(H2,21,22,24). The van der Waals surface area contributed by atoms with Crippen molar-refractivity contribution in [3.8, 4) is 0 Å². The third-order valence-electron chi connectivity index (χ3n) is 6.19. The molecule has 0 bridgehead atoms. The minimum absolute atomic E-state index is 0.0673. The van der Waals surface area contributed by atoms with E-state index in [9.17, 15) is 4.79 Å². The lowest BCUT2D eigenvalue weighted by Gasteiger charge is -2.48. The molecule has 0 unspecified atom stereocenters. The largest absolute Gasteiger partial charge is 0.329 e. The summed E-state index contributed by atoms with van der Waals surface area (Å²) >= 11 is 1.52. The van der Waals surface area contributed by atoms with Crippen LogP contribution in [0.3, 0.4) is 0 Å². The van der Waals surface area contributed by atoms with Gasteiger partial charge in [-0.15, -0.1) is 0 Å². The topological polar surface area (TPSA) is 44.4 Å². The number of hydrogen-bond donors (Lipinski definition) is 2. The van der Waals surface area contributed by atoms with E-state index in [0.717, 1.165) is 30.8 Å². The van der Waals surface area contributed by atoms with Crippen LogP contribution in [0.15, 0.2) is 6.07 Å². The van der Waals surface area contributed by atoms with E-state index < -0.39 is 0 Å². The van der Waals surface area contributed by atoms with E-state index >= 15 is 0 Å². The fraction of sp³-hybridized carbons (Fsp3) is 0.650. The van der Waals surface area contributed by atoms with Crippen LogP contribution >= 0.6 is 11.9 Å². The highest BCUT2D eigenvalue weighted by Crippen LogP contribution is 2.38. The number of fused-ring (bicyclic) bond motifs is 2. The summed E-state index contributed by atoms with van der Waals surface area (Å²) in [7, 11) is 0. The Kier molecular flexibility index (Phi) is 4.71. The molecular formula is C20H29N3OS. The predicted octanol–water partition coefficient (Wildman–Crippen LogP) is 3.92. The first-order valence-electron chi connectivity index (χ1n) is 9.65. The summed E-state index contributed by atoms with van der Waals surface area (Å²) in [4.78, 5) is 14.9. The number of carbonyl (C=O) groups is 1. The summed E-state index contributed by atoms with van der Waals surface area (Å²) in [6.45, 7) is 6.80. The molecule has 0 spiro atoms. The van der Waals surface area contributed by atoms with Gasteiger partial charge in [-0.25, -0.2) is 4.79 Å². The lowest BCUT2D eigenvalue weighted by molar-refractivity contribution is 0.0229. The molecule has 136 valence electrons. The van der Waals surface area contributed by atoms with E-state index in [2.05, 4.69) is 34.9 Å². The Labute approximate surface area is 155 Å². The number of urea groups is 1. The summed E-state index contributed by atoms with van der Waals surface area (Å²) in [6.07, 6.45) is 8.25. The third kappa shape index (κ3) is 3.41. The molecule has 4 nitrogen and oxygen atoms in total. The highest BCUT2D eigenvalue weighted by Gasteiger charge is 2.34. The number of anilines is 1. The number of hydrogen-bond acceptors (Lipinski definition) is 3. The van der Waals surface area contributed by atoms with Crippen LogP contribution in [0, 0.1) is 0 Å². The quantitative estimate of drug-likeness (QED) is 0.619. The molecular weight excluding hydrogens is 330 g/mol. The molecule has 4 rings (SSSR count). The van der Waals surface area contributed by atoms with E-state index in [0.29, 0.717) is 5.54 Å². The summed E-state index contributed by atoms with van der Waals surface area (Å²) in [6, 6.07) is 2.33. The first-order chi connectivity index (χ1) is 12.0. The van der Waals surface area contributed by atoms with Crippen molar-refractivity contribution in [2.75, 3.05) is 24.2 Å². The zero-order valence-corrected chi connectivity index (χ0v) is 16.2. The number of nitrogens with one attached hydrogen (secondary N) is 2. The van der Waals surface area contributed by atoms with Gasteiger partial charge in [0.05, 0.1) is 0 Å². The van der Waals surface area contributed by atoms with Crippen LogP contribution in [0.1, 0.15) is 55.4 Å². The van der Waals surface area contributed by atoms with Gasteiger partial charge in [0.15, 0.2) is 0 Å². The van der Waals surface area contributed by atoms with E-state index in [1.165, 1.54) is 72.9 Å². The van der Waals surface area contributed by atoms with Crippen LogP contribution in [-0.4, -0.2) is 35.3 Å². The Bertz CT molecular complexity index is 654. The molecule has 5 heteroatoms. The zero-order chi connectivity index (χ0) is 17.4. The number of amides is 2. The van der Waals surface area contributed by atoms with Crippen LogP contribution in [0.4, 0.5) is 10.5 Å². The molecule has 1 aromatic carbocycles. The molecule has 1 saturated heterocycles. The van der Waals surface area contributed by atoms with Crippen LogP contribution in [0.2, 0.25) is 0 Å². The SMILES string of the molecule is CC1(C)CCN1CCSNC(=O)Nc1c2c(cc3c1CCC3)CCC2. The molecule has 3 aliphatic rings. The maximum absolute atomic E-state index is 12.4. The molecule has 1 fully saturated rings. The summed E-state index contributed by atoms with van der Waals surface area (Å²) in [5.41, 5.74) is 7.18. The number of nitrogens with zero attached hydrogens (tertiary/aromatic N) is 1. The fourth-order valence-corrected chi connectivity index (χ4v) is 5.11. The van der Waals surface area contributed by atoms with Crippen molar-refractivity contribution in [2.24, 2.45) is 0 Å². The van der Waals surface area contributed by atoms with E-state index in [4.69, 9.17) is 0 Å². The van der Waals surface area contributed by atoms with Crippen LogP contribution in [0.5, 0.6) is 0 Å². The van der Waals surface area contributed by atoms with Gasteiger partial charge in [-0.2, -0.15) is 0 Å². The van der Waals surface area contributed by atoms with Gasteiger partial charge in [0.25, 0.3) is 0 Å². The molecule has 0 saturated carbocycles. The fourth-order valence-electron chi connectivity index (χ4n) is 4.51. The minimum atomic E-state index is -0.0673. The van der Waals surface area contributed by atoms with E-state index in [1.54, 1.807) is 0 Å². The van der Waals surface area contributed by atoms with Crippen molar-refractivity contribution in [1.29, 1.82) is 0 Å². The second-order valence-electron chi connectivity index (χ2n) is 8.19. The number of likely N-dealkylation sites (tertiary alicyclic amines) is 1. The Morgan fingerprint density at radius 2 is 1.84 bits per heavy atom. The number of benzene rings is 1. The van der Waals surface area contributed by atoms with E-state index in [1.807, 2.05) is 0 Å². The van der Waals surface area contributed by atoms with Crippen LogP contribution < -0.4 is 10.0 Å². The summed E-state index contributed by atoms with van der Waals surface area (Å²) in [5, 5.41) is 3.19. The van der Waals surface area contributed by atoms with Crippen LogP contribution in [0.25, 0.3) is 0 Å². The second kappa shape index (κ2) is 6.84. The summed E-state index contributed by atoms with van der Waals surface area (Å²) < 4.78 is 2.98. The smallest absolute Gasteiger partial charge is 0.307 e. The average Bonchev–Trinajstić information content (AvgIpc) is 3.22. The van der Waals surface area contributed by atoms with Gasteiger partial charge in [-0.05, 0) is 93.0 Å². The van der Waals surface area contributed by atoms with Crippen molar-refractivity contribution >= 4 is 23.7 Å². The van der Waals surface area contributed by atoms with Crippen molar-refractivity contribution in [3.05, 3.63) is 28.3 Å². The van der Waals surface area contributed by atoms with Gasteiger partial charge < -0.3 is 5.32 Å². The molecule has 2 aliphatic carbocycles. The Hall–Kier alpha value is -1.20. The molecule has 1 aromatic rings. The van der Waals surface area contributed by atoms with Crippen molar-refractivity contribution < 1.29 is 4.79 Å². The zero-order valence-electron chi connectivity index (χ0n) is 15.4. The molecule has 2 amide bonds. The van der Waals surface area contributed by atoms with Gasteiger partial charge in [0, 0.05) is 30.1 Å². The average molecular weight is 360 g/mol. The number of rotatable bonds is 5. The highest BCUT2D eigenvalue weighted by molar-refractivity contribution is 7.97. The van der Waals surface area contributed by atoms with Crippen molar-refractivity contribution in [2.45, 2.75) is 64.3 Å². The Morgan fingerprint density at radius 1 is 1.16 bits per heavy atom. The van der Waals surface area contributed by atoms with Gasteiger partial charge in [-0.1, -0.05) is 6.07 Å². The molecule has 2 N–H and O–H groups in total. The van der Waals surface area contributed by atoms with Gasteiger partial charge >= 0.3 is 6.03 Å². The predicted molar refractivity (Wildman–Crippen MR) is 105 cm³/mol. The maximum Gasteiger partial charge on any atom is 0.329 e. The lowest BCUT2D eigenvalue weighted by Crippen LogP contribution is -2.56. The highest BCUT2D eigenvalue weighted by atomic mass is 32.2. The molecule has 0 aromatic heterocycles. The molecule has 1 heterocycles. The van der Waals surface area contributed by atoms with Gasteiger partial charge in [0.1, 0.15) is 0 Å². The van der Waals surface area contributed by atoms with Crippen molar-refractivity contribution in [1.82, 2.24) is 9.62 Å². The first-order valence-corrected chi connectivity index (χ1v) is 10.6. The number of carbonyl (C=O) groups excluding carboxylic acids is 1. The van der Waals surface area contributed by atoms with Crippen LogP contribution in [-0.2, 0) is 25.7 Å².